The highest BCUT2D eigenvalue weighted by molar-refractivity contribution is 14.1. The van der Waals surface area contributed by atoms with Crippen molar-refractivity contribution in [1.29, 1.82) is 0 Å². The summed E-state index contributed by atoms with van der Waals surface area (Å²) in [7, 11) is 0. The monoisotopic (exact) mass is 431 g/mol. The maximum absolute atomic E-state index is 11.2. The Kier molecular flexibility index (Phi) is 5.88. The van der Waals surface area contributed by atoms with Gasteiger partial charge in [-0.25, -0.2) is 0 Å². The second-order valence-electron chi connectivity index (χ2n) is 4.45. The second-order valence-corrected chi connectivity index (χ2v) is 6.15. The van der Waals surface area contributed by atoms with E-state index in [2.05, 4.69) is 14.8 Å². The van der Waals surface area contributed by atoms with E-state index in [1.165, 1.54) is 0 Å². The van der Waals surface area contributed by atoms with E-state index >= 15 is 0 Å². The van der Waals surface area contributed by atoms with Gasteiger partial charge in [0.2, 0.25) is 0 Å². The highest BCUT2D eigenvalue weighted by Crippen LogP contribution is 2.42. The molecule has 0 spiro atoms. The van der Waals surface area contributed by atoms with Gasteiger partial charge >= 0.3 is 0 Å². The number of hydrogen-bond donors (Lipinski definition) is 1. The number of pyridine rings is 1. The van der Waals surface area contributed by atoms with Crippen LogP contribution >= 0.6 is 45.8 Å². The lowest BCUT2D eigenvalue weighted by atomic mass is 9.79. The fraction of sp³-hybridized carbons (Fsp3) is 0.188. The number of alkyl halides is 2. The zero-order valence-electron chi connectivity index (χ0n) is 10.9. The minimum absolute atomic E-state index is 0.564. The first kappa shape index (κ1) is 16.6. The smallest absolute Gasteiger partial charge is 0.162 e. The number of benzene rings is 1. The third kappa shape index (κ3) is 3.70. The van der Waals surface area contributed by atoms with Gasteiger partial charge in [-0.2, -0.15) is 0 Å². The molecule has 0 saturated heterocycles. The van der Waals surface area contributed by atoms with Crippen LogP contribution in [-0.4, -0.2) is 14.9 Å². The molecular formula is C16H12Cl2INO. The topological polar surface area (TPSA) is 33.1 Å². The molecule has 1 aromatic carbocycles. The van der Waals surface area contributed by atoms with Crippen molar-refractivity contribution in [2.45, 2.75) is 16.4 Å². The van der Waals surface area contributed by atoms with Gasteiger partial charge in [0.25, 0.3) is 0 Å². The SMILES string of the molecule is OC(C#CI)(c1cccnc1)C(c1ccccc1)C(Cl)Cl. The van der Waals surface area contributed by atoms with Crippen molar-refractivity contribution in [1.82, 2.24) is 4.98 Å². The molecule has 1 heterocycles. The van der Waals surface area contributed by atoms with E-state index in [1.807, 2.05) is 52.9 Å². The number of nitrogens with zero attached hydrogens (tertiary/aromatic N) is 1. The average Bonchev–Trinajstić information content (AvgIpc) is 2.49. The number of rotatable bonds is 4. The molecule has 2 unspecified atom stereocenters. The van der Waals surface area contributed by atoms with Gasteiger partial charge in [-0.1, -0.05) is 42.3 Å². The van der Waals surface area contributed by atoms with Crippen molar-refractivity contribution >= 4 is 45.8 Å². The van der Waals surface area contributed by atoms with Crippen LogP contribution in [0.2, 0.25) is 0 Å². The first-order valence-electron chi connectivity index (χ1n) is 6.18. The largest absolute Gasteiger partial charge is 0.373 e. The molecule has 0 aliphatic carbocycles. The molecule has 2 aromatic rings. The molecule has 21 heavy (non-hydrogen) atoms. The molecule has 0 amide bonds. The Labute approximate surface area is 147 Å². The van der Waals surface area contributed by atoms with Crippen LogP contribution in [0.1, 0.15) is 17.0 Å². The van der Waals surface area contributed by atoms with E-state index in [4.69, 9.17) is 23.2 Å². The molecule has 108 valence electrons. The molecule has 0 radical (unpaired) electrons. The Morgan fingerprint density at radius 3 is 2.38 bits per heavy atom. The van der Waals surface area contributed by atoms with Crippen molar-refractivity contribution in [3.63, 3.8) is 0 Å². The standard InChI is InChI=1S/C16H12Cl2INO/c17-15(18)14(12-5-2-1-3-6-12)16(21,8-9-19)13-7-4-10-20-11-13/h1-7,10-11,14-15,21H. The first-order chi connectivity index (χ1) is 10.1. The van der Waals surface area contributed by atoms with E-state index in [1.54, 1.807) is 24.5 Å². The van der Waals surface area contributed by atoms with Gasteiger partial charge in [0.1, 0.15) is 4.84 Å². The van der Waals surface area contributed by atoms with E-state index in [-0.39, 0.29) is 0 Å². The van der Waals surface area contributed by atoms with Gasteiger partial charge in [0.15, 0.2) is 5.60 Å². The van der Waals surface area contributed by atoms with Crippen LogP contribution in [0.15, 0.2) is 54.9 Å². The van der Waals surface area contributed by atoms with Gasteiger partial charge in [-0.05, 0) is 15.6 Å². The lowest BCUT2D eigenvalue weighted by Gasteiger charge is -2.33. The molecule has 0 saturated carbocycles. The number of aliphatic hydroxyl groups is 1. The van der Waals surface area contributed by atoms with Crippen LogP contribution in [-0.2, 0) is 5.60 Å². The van der Waals surface area contributed by atoms with E-state index in [0.717, 1.165) is 5.56 Å². The molecule has 5 heteroatoms. The van der Waals surface area contributed by atoms with Crippen LogP contribution in [0, 0.1) is 9.85 Å². The van der Waals surface area contributed by atoms with Crippen LogP contribution in [0.3, 0.4) is 0 Å². The lowest BCUT2D eigenvalue weighted by molar-refractivity contribution is 0.0723. The fourth-order valence-electron chi connectivity index (χ4n) is 2.22. The molecule has 2 atom stereocenters. The number of halogens is 3. The fourth-order valence-corrected chi connectivity index (χ4v) is 3.29. The Morgan fingerprint density at radius 1 is 1.14 bits per heavy atom. The van der Waals surface area contributed by atoms with Gasteiger partial charge in [-0.15, -0.1) is 23.2 Å². The molecule has 2 nitrogen and oxygen atoms in total. The summed E-state index contributed by atoms with van der Waals surface area (Å²) in [4.78, 5) is 3.23. The van der Waals surface area contributed by atoms with Crippen molar-refractivity contribution in [2.24, 2.45) is 0 Å². The summed E-state index contributed by atoms with van der Waals surface area (Å²) in [6.45, 7) is 0. The molecule has 0 fully saturated rings. The van der Waals surface area contributed by atoms with Gasteiger partial charge in [0.05, 0.1) is 5.92 Å². The van der Waals surface area contributed by atoms with Crippen LogP contribution < -0.4 is 0 Å². The maximum Gasteiger partial charge on any atom is 0.162 e. The van der Waals surface area contributed by atoms with Crippen molar-refractivity contribution < 1.29 is 5.11 Å². The third-order valence-electron chi connectivity index (χ3n) is 3.20. The number of aromatic nitrogens is 1. The first-order valence-corrected chi connectivity index (χ1v) is 8.13. The molecular weight excluding hydrogens is 420 g/mol. The predicted molar refractivity (Wildman–Crippen MR) is 94.6 cm³/mol. The van der Waals surface area contributed by atoms with E-state index in [9.17, 15) is 5.11 Å². The maximum atomic E-state index is 11.2. The molecule has 0 aliphatic rings. The third-order valence-corrected chi connectivity index (χ3v) is 3.97. The van der Waals surface area contributed by atoms with Gasteiger partial charge in [0, 0.05) is 40.5 Å². The average molecular weight is 432 g/mol. The molecule has 2 rings (SSSR count). The summed E-state index contributed by atoms with van der Waals surface area (Å²) in [5, 5.41) is 11.2. The highest BCUT2D eigenvalue weighted by Gasteiger charge is 2.42. The lowest BCUT2D eigenvalue weighted by Crippen LogP contribution is -2.35. The summed E-state index contributed by atoms with van der Waals surface area (Å²) >= 11 is 14.2. The molecule has 0 aliphatic heterocycles. The zero-order chi connectivity index (χ0) is 15.3. The normalized spacial score (nSPS) is 14.9. The molecule has 1 N–H and O–H groups in total. The summed E-state index contributed by atoms with van der Waals surface area (Å²) in [5.74, 6) is 2.25. The summed E-state index contributed by atoms with van der Waals surface area (Å²) < 4.78 is 2.74. The Balaban J connectivity index is 2.60. The molecule has 0 bridgehead atoms. The summed E-state index contributed by atoms with van der Waals surface area (Å²) in [5.41, 5.74) is -0.127. The van der Waals surface area contributed by atoms with Crippen molar-refractivity contribution in [2.75, 3.05) is 0 Å². The second kappa shape index (κ2) is 7.46. The van der Waals surface area contributed by atoms with Crippen LogP contribution in [0.4, 0.5) is 0 Å². The van der Waals surface area contributed by atoms with Gasteiger partial charge < -0.3 is 5.11 Å². The minimum atomic E-state index is -1.51. The van der Waals surface area contributed by atoms with Crippen LogP contribution in [0.5, 0.6) is 0 Å². The Bertz CT molecular complexity index is 640. The predicted octanol–water partition coefficient (Wildman–Crippen LogP) is 4.25. The quantitative estimate of drug-likeness (QED) is 0.446. The van der Waals surface area contributed by atoms with E-state index in [0.29, 0.717) is 5.56 Å². The van der Waals surface area contributed by atoms with E-state index < -0.39 is 16.4 Å². The Morgan fingerprint density at radius 2 is 1.86 bits per heavy atom. The molecule has 1 aromatic heterocycles. The number of hydrogen-bond acceptors (Lipinski definition) is 2. The zero-order valence-corrected chi connectivity index (χ0v) is 14.5. The van der Waals surface area contributed by atoms with Crippen LogP contribution in [0.25, 0.3) is 0 Å². The van der Waals surface area contributed by atoms with Crippen molar-refractivity contribution in [3.8, 4) is 9.85 Å². The minimum Gasteiger partial charge on any atom is -0.373 e. The van der Waals surface area contributed by atoms with Gasteiger partial charge in [-0.3, -0.25) is 4.98 Å². The summed E-state index contributed by atoms with van der Waals surface area (Å²) in [6.07, 6.45) is 3.21. The van der Waals surface area contributed by atoms with Crippen molar-refractivity contribution in [3.05, 3.63) is 66.0 Å². The highest BCUT2D eigenvalue weighted by atomic mass is 127. The Hall–Kier alpha value is -0.800. The summed E-state index contributed by atoms with van der Waals surface area (Å²) in [6, 6.07) is 12.9.